The summed E-state index contributed by atoms with van der Waals surface area (Å²) in [4.78, 5) is 2.43. The molecule has 0 bridgehead atoms. The molecule has 0 amide bonds. The number of hydrogen-bond donors (Lipinski definition) is 2. The topological polar surface area (TPSA) is 49.5 Å². The van der Waals surface area contributed by atoms with Gasteiger partial charge in [0, 0.05) is 24.2 Å². The van der Waals surface area contributed by atoms with Gasteiger partial charge in [-0.15, -0.1) is 0 Å². The Balaban J connectivity index is 2.56. The van der Waals surface area contributed by atoms with Gasteiger partial charge in [0.25, 0.3) is 0 Å². The van der Waals surface area contributed by atoms with Gasteiger partial charge in [-0.1, -0.05) is 6.42 Å². The molecule has 3 N–H and O–H groups in total. The number of nitrogens with two attached hydrogens (primary N) is 1. The molecule has 0 radical (unpaired) electrons. The highest BCUT2D eigenvalue weighted by Crippen LogP contribution is 2.23. The smallest absolute Gasteiger partial charge is 0.0621 e. The monoisotopic (exact) mass is 200 g/mol. The van der Waals surface area contributed by atoms with Crippen LogP contribution in [-0.4, -0.2) is 40.8 Å². The van der Waals surface area contributed by atoms with Crippen LogP contribution in [0.2, 0.25) is 0 Å². The Bertz CT molecular complexity index is 172. The van der Waals surface area contributed by atoms with E-state index in [-0.39, 0.29) is 6.61 Å². The summed E-state index contributed by atoms with van der Waals surface area (Å²) < 4.78 is 0. The summed E-state index contributed by atoms with van der Waals surface area (Å²) in [6, 6.07) is 1.21. The van der Waals surface area contributed by atoms with Crippen molar-refractivity contribution in [3.63, 3.8) is 0 Å². The first-order valence-corrected chi connectivity index (χ1v) is 5.62. The van der Waals surface area contributed by atoms with Gasteiger partial charge in [-0.2, -0.15) is 0 Å². The van der Waals surface area contributed by atoms with Crippen LogP contribution in [0, 0.1) is 0 Å². The molecule has 0 aromatic carbocycles. The Morgan fingerprint density at radius 1 is 1.36 bits per heavy atom. The van der Waals surface area contributed by atoms with Crippen molar-refractivity contribution in [2.45, 2.75) is 57.7 Å². The fraction of sp³-hybridized carbons (Fsp3) is 1.00. The molecule has 3 nitrogen and oxygen atoms in total. The van der Waals surface area contributed by atoms with Gasteiger partial charge >= 0.3 is 0 Å². The van der Waals surface area contributed by atoms with E-state index in [0.29, 0.717) is 12.1 Å². The second kappa shape index (κ2) is 4.60. The molecule has 3 unspecified atom stereocenters. The quantitative estimate of drug-likeness (QED) is 0.713. The Morgan fingerprint density at radius 3 is 2.29 bits per heavy atom. The molecular weight excluding hydrogens is 176 g/mol. The molecule has 0 spiro atoms. The van der Waals surface area contributed by atoms with E-state index in [9.17, 15) is 0 Å². The molecular formula is C11H24N2O. The predicted octanol–water partition coefficient (Wildman–Crippen LogP) is 0.959. The van der Waals surface area contributed by atoms with Crippen molar-refractivity contribution in [1.82, 2.24) is 4.90 Å². The Labute approximate surface area is 87.3 Å². The molecule has 1 rings (SSSR count). The average Bonchev–Trinajstić information content (AvgIpc) is 2.12. The van der Waals surface area contributed by atoms with E-state index in [4.69, 9.17) is 10.8 Å². The van der Waals surface area contributed by atoms with Gasteiger partial charge in [-0.05, 0) is 33.6 Å². The molecule has 1 saturated heterocycles. The first-order valence-electron chi connectivity index (χ1n) is 5.62. The zero-order valence-corrected chi connectivity index (χ0v) is 9.66. The van der Waals surface area contributed by atoms with E-state index in [1.807, 2.05) is 6.92 Å². The normalized spacial score (nSPS) is 34.1. The lowest BCUT2D eigenvalue weighted by Crippen LogP contribution is -2.56. The number of likely N-dealkylation sites (tertiary alicyclic amines) is 1. The zero-order valence-electron chi connectivity index (χ0n) is 9.66. The Hall–Kier alpha value is -0.120. The highest BCUT2D eigenvalue weighted by molar-refractivity contribution is 4.88. The van der Waals surface area contributed by atoms with Crippen LogP contribution in [0.25, 0.3) is 0 Å². The Kier molecular flexibility index (Phi) is 3.93. The Morgan fingerprint density at radius 2 is 1.86 bits per heavy atom. The summed E-state index contributed by atoms with van der Waals surface area (Å²) >= 11 is 0. The fourth-order valence-corrected chi connectivity index (χ4v) is 2.25. The zero-order chi connectivity index (χ0) is 10.8. The van der Waals surface area contributed by atoms with Gasteiger partial charge in [0.05, 0.1) is 6.61 Å². The summed E-state index contributed by atoms with van der Waals surface area (Å²) in [5.74, 6) is 0. The molecule has 0 aromatic rings. The van der Waals surface area contributed by atoms with Crippen molar-refractivity contribution < 1.29 is 5.11 Å². The van der Waals surface area contributed by atoms with Crippen LogP contribution >= 0.6 is 0 Å². The van der Waals surface area contributed by atoms with E-state index < -0.39 is 5.54 Å². The standard InChI is InChI=1S/C11H24N2O/c1-9-5-4-6-10(2)13(9)7-11(3,12)8-14/h9-10,14H,4-8,12H2,1-3H3. The molecule has 0 aliphatic carbocycles. The highest BCUT2D eigenvalue weighted by Gasteiger charge is 2.30. The third-order valence-electron chi connectivity index (χ3n) is 3.28. The molecule has 1 aliphatic rings. The maximum atomic E-state index is 9.15. The second-order valence-corrected chi connectivity index (χ2v) is 5.11. The van der Waals surface area contributed by atoms with E-state index in [1.54, 1.807) is 0 Å². The molecule has 0 aromatic heterocycles. The second-order valence-electron chi connectivity index (χ2n) is 5.11. The van der Waals surface area contributed by atoms with Gasteiger partial charge in [0.2, 0.25) is 0 Å². The van der Waals surface area contributed by atoms with Gasteiger partial charge < -0.3 is 10.8 Å². The molecule has 3 heteroatoms. The van der Waals surface area contributed by atoms with Crippen molar-refractivity contribution in [3.8, 4) is 0 Å². The lowest BCUT2D eigenvalue weighted by molar-refractivity contribution is 0.0611. The van der Waals surface area contributed by atoms with Gasteiger partial charge in [0.1, 0.15) is 0 Å². The molecule has 14 heavy (non-hydrogen) atoms. The number of rotatable bonds is 3. The van der Waals surface area contributed by atoms with Crippen LogP contribution in [0.1, 0.15) is 40.0 Å². The van der Waals surface area contributed by atoms with Crippen molar-refractivity contribution in [2.75, 3.05) is 13.2 Å². The number of aliphatic hydroxyl groups excluding tert-OH is 1. The van der Waals surface area contributed by atoms with E-state index in [0.717, 1.165) is 6.54 Å². The van der Waals surface area contributed by atoms with Gasteiger partial charge in [-0.3, -0.25) is 4.90 Å². The van der Waals surface area contributed by atoms with Crippen molar-refractivity contribution >= 4 is 0 Å². The average molecular weight is 200 g/mol. The predicted molar refractivity (Wildman–Crippen MR) is 59.2 cm³/mol. The van der Waals surface area contributed by atoms with Crippen LogP contribution in [0.3, 0.4) is 0 Å². The summed E-state index contributed by atoms with van der Waals surface area (Å²) in [7, 11) is 0. The number of nitrogens with zero attached hydrogens (tertiary/aromatic N) is 1. The maximum absolute atomic E-state index is 9.15. The lowest BCUT2D eigenvalue weighted by atomic mass is 9.94. The molecule has 84 valence electrons. The van der Waals surface area contributed by atoms with Crippen molar-refractivity contribution in [3.05, 3.63) is 0 Å². The number of aliphatic hydroxyl groups is 1. The highest BCUT2D eigenvalue weighted by atomic mass is 16.3. The summed E-state index contributed by atoms with van der Waals surface area (Å²) in [5.41, 5.74) is 5.52. The maximum Gasteiger partial charge on any atom is 0.0621 e. The fourth-order valence-electron chi connectivity index (χ4n) is 2.25. The van der Waals surface area contributed by atoms with Crippen LogP contribution in [0.4, 0.5) is 0 Å². The largest absolute Gasteiger partial charge is 0.394 e. The lowest BCUT2D eigenvalue weighted by Gasteiger charge is -2.42. The van der Waals surface area contributed by atoms with E-state index in [2.05, 4.69) is 18.7 Å². The summed E-state index contributed by atoms with van der Waals surface area (Å²) in [6.07, 6.45) is 3.83. The molecule has 1 heterocycles. The minimum absolute atomic E-state index is 0.0585. The first kappa shape index (κ1) is 12.0. The molecule has 0 saturated carbocycles. The number of hydrogen-bond acceptors (Lipinski definition) is 3. The molecule has 3 atom stereocenters. The third kappa shape index (κ3) is 2.94. The van der Waals surface area contributed by atoms with Crippen LogP contribution < -0.4 is 5.73 Å². The van der Waals surface area contributed by atoms with Crippen LogP contribution in [0.15, 0.2) is 0 Å². The van der Waals surface area contributed by atoms with Crippen LogP contribution in [-0.2, 0) is 0 Å². The third-order valence-corrected chi connectivity index (χ3v) is 3.28. The first-order chi connectivity index (χ1) is 6.46. The van der Waals surface area contributed by atoms with Crippen molar-refractivity contribution in [1.29, 1.82) is 0 Å². The van der Waals surface area contributed by atoms with Gasteiger partial charge in [-0.25, -0.2) is 0 Å². The SMILES string of the molecule is CC1CCCC(C)N1CC(C)(N)CO. The summed E-state index contributed by atoms with van der Waals surface area (Å²) in [6.45, 7) is 7.28. The van der Waals surface area contributed by atoms with Crippen molar-refractivity contribution in [2.24, 2.45) is 5.73 Å². The summed E-state index contributed by atoms with van der Waals surface area (Å²) in [5, 5.41) is 9.15. The van der Waals surface area contributed by atoms with E-state index >= 15 is 0 Å². The van der Waals surface area contributed by atoms with E-state index in [1.165, 1.54) is 19.3 Å². The minimum Gasteiger partial charge on any atom is -0.394 e. The molecule has 1 aliphatic heterocycles. The molecule has 1 fully saturated rings. The van der Waals surface area contributed by atoms with Crippen LogP contribution in [0.5, 0.6) is 0 Å². The number of piperidine rings is 1. The van der Waals surface area contributed by atoms with Gasteiger partial charge in [0.15, 0.2) is 0 Å². The minimum atomic E-state index is -0.458.